The third kappa shape index (κ3) is 3.65. The highest BCUT2D eigenvalue weighted by molar-refractivity contribution is 6.19. The van der Waals surface area contributed by atoms with Gasteiger partial charge < -0.3 is 14.1 Å². The minimum absolute atomic E-state index is 0.0535. The van der Waals surface area contributed by atoms with Crippen molar-refractivity contribution in [2.75, 3.05) is 33.3 Å². The number of fused-ring (bicyclic) bond motifs is 4. The van der Waals surface area contributed by atoms with E-state index >= 15 is 0 Å². The van der Waals surface area contributed by atoms with E-state index in [-0.39, 0.29) is 5.78 Å². The second-order valence-corrected chi connectivity index (χ2v) is 8.32. The molecule has 0 fully saturated rings. The SMILES string of the molecule is CCN(CC)CCOc1ccc2c(n1)C(C)(C)c1oc3cc(C=NC)ccc3c1C2=O. The maximum atomic E-state index is 13.4. The molecule has 162 valence electrons. The second-order valence-electron chi connectivity index (χ2n) is 8.32. The van der Waals surface area contributed by atoms with E-state index in [0.29, 0.717) is 40.7 Å². The predicted octanol–water partition coefficient (Wildman–Crippen LogP) is 4.47. The molecular formula is C25H29N3O3. The van der Waals surface area contributed by atoms with Crippen molar-refractivity contribution < 1.29 is 13.9 Å². The van der Waals surface area contributed by atoms with Crippen LogP contribution in [-0.2, 0) is 5.41 Å². The molecule has 1 aliphatic rings. The van der Waals surface area contributed by atoms with Gasteiger partial charge in [0.1, 0.15) is 18.0 Å². The van der Waals surface area contributed by atoms with Crippen LogP contribution in [0.15, 0.2) is 39.7 Å². The average molecular weight is 420 g/mol. The Morgan fingerprint density at radius 3 is 2.68 bits per heavy atom. The van der Waals surface area contributed by atoms with Crippen molar-refractivity contribution >= 4 is 23.0 Å². The van der Waals surface area contributed by atoms with Gasteiger partial charge in [0.25, 0.3) is 0 Å². The Balaban J connectivity index is 1.71. The van der Waals surface area contributed by atoms with E-state index in [4.69, 9.17) is 14.1 Å². The van der Waals surface area contributed by atoms with E-state index in [2.05, 4.69) is 23.7 Å². The van der Waals surface area contributed by atoms with Gasteiger partial charge in [-0.3, -0.25) is 9.79 Å². The van der Waals surface area contributed by atoms with Gasteiger partial charge in [0.15, 0.2) is 5.78 Å². The van der Waals surface area contributed by atoms with Crippen molar-refractivity contribution in [2.24, 2.45) is 4.99 Å². The molecule has 0 bridgehead atoms. The first kappa shape index (κ1) is 21.2. The Labute approximate surface area is 182 Å². The Hall–Kier alpha value is -2.99. The molecule has 1 aromatic carbocycles. The number of furan rings is 1. The molecule has 0 unspecified atom stereocenters. The number of hydrogen-bond donors (Lipinski definition) is 0. The van der Waals surface area contributed by atoms with Crippen LogP contribution in [0.2, 0.25) is 0 Å². The predicted molar refractivity (Wildman–Crippen MR) is 123 cm³/mol. The summed E-state index contributed by atoms with van der Waals surface area (Å²) in [5.41, 5.74) is 2.99. The van der Waals surface area contributed by atoms with Crippen LogP contribution in [0.5, 0.6) is 5.88 Å². The Morgan fingerprint density at radius 2 is 1.97 bits per heavy atom. The molecule has 1 aliphatic carbocycles. The van der Waals surface area contributed by atoms with Gasteiger partial charge in [-0.25, -0.2) is 4.98 Å². The van der Waals surface area contributed by atoms with E-state index in [1.54, 1.807) is 19.3 Å². The number of ether oxygens (including phenoxy) is 1. The lowest BCUT2D eigenvalue weighted by molar-refractivity contribution is 0.102. The van der Waals surface area contributed by atoms with E-state index in [9.17, 15) is 4.79 Å². The zero-order valence-electron chi connectivity index (χ0n) is 18.9. The van der Waals surface area contributed by atoms with Crippen molar-refractivity contribution in [3.8, 4) is 5.88 Å². The number of hydrogen-bond acceptors (Lipinski definition) is 6. The van der Waals surface area contributed by atoms with Gasteiger partial charge in [-0.2, -0.15) is 0 Å². The van der Waals surface area contributed by atoms with E-state index in [0.717, 1.165) is 30.6 Å². The summed E-state index contributed by atoms with van der Waals surface area (Å²) in [5, 5.41) is 0.825. The number of benzene rings is 1. The van der Waals surface area contributed by atoms with Gasteiger partial charge in [-0.15, -0.1) is 0 Å². The molecule has 4 rings (SSSR count). The van der Waals surface area contributed by atoms with Crippen LogP contribution in [0.1, 0.15) is 60.6 Å². The largest absolute Gasteiger partial charge is 0.476 e. The molecule has 0 amide bonds. The van der Waals surface area contributed by atoms with Gasteiger partial charge in [-0.1, -0.05) is 19.9 Å². The first-order valence-electron chi connectivity index (χ1n) is 10.8. The van der Waals surface area contributed by atoms with Crippen molar-refractivity contribution in [1.29, 1.82) is 0 Å². The number of nitrogens with zero attached hydrogens (tertiary/aromatic N) is 3. The van der Waals surface area contributed by atoms with Crippen LogP contribution in [0, 0.1) is 0 Å². The molecular weight excluding hydrogens is 390 g/mol. The molecule has 0 N–H and O–H groups in total. The number of aromatic nitrogens is 1. The monoisotopic (exact) mass is 419 g/mol. The normalized spacial score (nSPS) is 15.0. The number of rotatable bonds is 7. The number of carbonyl (C=O) groups excluding carboxylic acids is 1. The van der Waals surface area contributed by atoms with Gasteiger partial charge in [0, 0.05) is 36.8 Å². The van der Waals surface area contributed by atoms with Crippen molar-refractivity contribution in [3.63, 3.8) is 0 Å². The molecule has 3 aromatic rings. The van der Waals surface area contributed by atoms with Gasteiger partial charge in [0.2, 0.25) is 5.88 Å². The summed E-state index contributed by atoms with van der Waals surface area (Å²) in [4.78, 5) is 24.5. The van der Waals surface area contributed by atoms with Crippen LogP contribution in [0.4, 0.5) is 0 Å². The zero-order chi connectivity index (χ0) is 22.2. The fourth-order valence-corrected chi connectivity index (χ4v) is 4.25. The standard InChI is InChI=1S/C25H29N3O3/c1-6-28(7-2)12-13-30-20-11-10-18-22(29)21-17-9-8-16(15-26-5)14-19(17)31-24(21)25(3,4)23(18)27-20/h8-11,14-15H,6-7,12-13H2,1-5H3. The van der Waals surface area contributed by atoms with Crippen LogP contribution >= 0.6 is 0 Å². The minimum atomic E-state index is -0.561. The number of aliphatic imine (C=N–C) groups is 1. The number of carbonyl (C=O) groups is 1. The second kappa shape index (κ2) is 8.27. The molecule has 0 atom stereocenters. The summed E-state index contributed by atoms with van der Waals surface area (Å²) in [6.45, 7) is 11.7. The lowest BCUT2D eigenvalue weighted by Gasteiger charge is -2.29. The number of pyridine rings is 1. The van der Waals surface area contributed by atoms with Gasteiger partial charge in [0.05, 0.1) is 16.7 Å². The smallest absolute Gasteiger partial charge is 0.213 e. The number of ketones is 1. The van der Waals surface area contributed by atoms with Crippen LogP contribution < -0.4 is 4.74 Å². The molecule has 6 nitrogen and oxygen atoms in total. The minimum Gasteiger partial charge on any atom is -0.476 e. The van der Waals surface area contributed by atoms with E-state index in [1.165, 1.54) is 0 Å². The summed E-state index contributed by atoms with van der Waals surface area (Å²) in [5.74, 6) is 1.13. The summed E-state index contributed by atoms with van der Waals surface area (Å²) in [7, 11) is 1.73. The Morgan fingerprint density at radius 1 is 1.19 bits per heavy atom. The van der Waals surface area contributed by atoms with E-state index in [1.807, 2.05) is 38.1 Å². The Kier molecular flexibility index (Phi) is 5.67. The lowest BCUT2D eigenvalue weighted by Crippen LogP contribution is -2.31. The quantitative estimate of drug-likeness (QED) is 0.529. The maximum Gasteiger partial charge on any atom is 0.213 e. The van der Waals surface area contributed by atoms with Gasteiger partial charge in [-0.05, 0) is 50.7 Å². The van der Waals surface area contributed by atoms with Crippen molar-refractivity contribution in [1.82, 2.24) is 9.88 Å². The lowest BCUT2D eigenvalue weighted by atomic mass is 9.74. The third-order valence-electron chi connectivity index (χ3n) is 6.05. The molecule has 0 spiro atoms. The highest BCUT2D eigenvalue weighted by Gasteiger charge is 2.43. The maximum absolute atomic E-state index is 13.4. The third-order valence-corrected chi connectivity index (χ3v) is 6.05. The van der Waals surface area contributed by atoms with Gasteiger partial charge >= 0.3 is 0 Å². The fourth-order valence-electron chi connectivity index (χ4n) is 4.25. The Bertz CT molecular complexity index is 1160. The van der Waals surface area contributed by atoms with Crippen LogP contribution in [0.25, 0.3) is 11.0 Å². The molecule has 0 aliphatic heterocycles. The molecule has 2 heterocycles. The van der Waals surface area contributed by atoms with Crippen molar-refractivity contribution in [2.45, 2.75) is 33.1 Å². The summed E-state index contributed by atoms with van der Waals surface area (Å²) in [6.07, 6.45) is 1.77. The van der Waals surface area contributed by atoms with Crippen LogP contribution in [-0.4, -0.2) is 55.2 Å². The summed E-state index contributed by atoms with van der Waals surface area (Å²) >= 11 is 0. The summed E-state index contributed by atoms with van der Waals surface area (Å²) < 4.78 is 12.1. The molecule has 2 aromatic heterocycles. The first-order chi connectivity index (χ1) is 14.9. The topological polar surface area (TPSA) is 67.9 Å². The molecule has 0 saturated heterocycles. The first-order valence-corrected chi connectivity index (χ1v) is 10.8. The summed E-state index contributed by atoms with van der Waals surface area (Å²) in [6, 6.07) is 9.43. The molecule has 0 radical (unpaired) electrons. The number of likely N-dealkylation sites (N-methyl/N-ethyl adjacent to an activating group) is 1. The molecule has 6 heteroatoms. The van der Waals surface area contributed by atoms with Crippen LogP contribution in [0.3, 0.4) is 0 Å². The van der Waals surface area contributed by atoms with Crippen molar-refractivity contribution in [3.05, 3.63) is 58.5 Å². The van der Waals surface area contributed by atoms with E-state index < -0.39 is 5.41 Å². The zero-order valence-corrected chi connectivity index (χ0v) is 18.9. The average Bonchev–Trinajstić information content (AvgIpc) is 3.16. The highest BCUT2D eigenvalue weighted by Crippen LogP contribution is 2.45. The molecule has 0 saturated carbocycles. The molecule has 31 heavy (non-hydrogen) atoms. The highest BCUT2D eigenvalue weighted by atomic mass is 16.5. The fraction of sp³-hybridized carbons (Fsp3) is 0.400.